The number of carbonyl (C=O) groups excluding carboxylic acids is 1. The molecule has 0 radical (unpaired) electrons. The Morgan fingerprint density at radius 1 is 1.53 bits per heavy atom. The Hall–Kier alpha value is -1.27. The van der Waals surface area contributed by atoms with E-state index in [0.717, 1.165) is 4.88 Å². The van der Waals surface area contributed by atoms with Crippen molar-refractivity contribution in [2.45, 2.75) is 6.92 Å². The molecule has 2 aromatic rings. The number of carbonyl (C=O) groups is 1. The monoisotopic (exact) mass is 314 g/mol. The van der Waals surface area contributed by atoms with E-state index >= 15 is 0 Å². The minimum atomic E-state index is -0.465. The lowest BCUT2D eigenvalue weighted by atomic mass is 10.2. The Morgan fingerprint density at radius 2 is 2.29 bits per heavy atom. The Kier molecular flexibility index (Phi) is 3.54. The fraction of sp³-hybridized carbons (Fsp3) is 0.0909. The lowest BCUT2D eigenvalue weighted by molar-refractivity contribution is 0.102. The lowest BCUT2D eigenvalue weighted by Gasteiger charge is -2.04. The van der Waals surface area contributed by atoms with Crippen molar-refractivity contribution < 1.29 is 9.18 Å². The molecule has 0 aliphatic rings. The van der Waals surface area contributed by atoms with Gasteiger partial charge >= 0.3 is 0 Å². The highest BCUT2D eigenvalue weighted by molar-refractivity contribution is 9.10. The van der Waals surface area contributed by atoms with Crippen LogP contribution in [0.2, 0.25) is 0 Å². The van der Waals surface area contributed by atoms with Gasteiger partial charge in [0.05, 0.1) is 10.0 Å². The number of aryl methyl sites for hydroxylation is 1. The average Bonchev–Trinajstić information content (AvgIpc) is 2.68. The zero-order chi connectivity index (χ0) is 12.4. The molecule has 0 spiro atoms. The fourth-order valence-electron chi connectivity index (χ4n) is 1.26. The summed E-state index contributed by atoms with van der Waals surface area (Å²) in [6.07, 6.45) is 1.67. The first-order valence-electron chi connectivity index (χ1n) is 4.75. The number of nitrogens with zero attached hydrogens (tertiary/aromatic N) is 1. The highest BCUT2D eigenvalue weighted by atomic mass is 79.9. The van der Waals surface area contributed by atoms with Crippen LogP contribution in [0.15, 0.2) is 28.9 Å². The van der Waals surface area contributed by atoms with Crippen molar-refractivity contribution in [3.63, 3.8) is 0 Å². The molecule has 1 aromatic heterocycles. The Labute approximate surface area is 110 Å². The normalized spacial score (nSPS) is 10.3. The van der Waals surface area contributed by atoms with Gasteiger partial charge in [0.2, 0.25) is 0 Å². The van der Waals surface area contributed by atoms with Gasteiger partial charge in [-0.15, -0.1) is 11.3 Å². The third kappa shape index (κ3) is 2.70. The van der Waals surface area contributed by atoms with Crippen LogP contribution in [0.5, 0.6) is 0 Å². The quantitative estimate of drug-likeness (QED) is 0.920. The number of benzene rings is 1. The molecule has 88 valence electrons. The summed E-state index contributed by atoms with van der Waals surface area (Å²) in [5.41, 5.74) is 0.248. The van der Waals surface area contributed by atoms with E-state index in [1.54, 1.807) is 12.3 Å². The second kappa shape index (κ2) is 4.93. The van der Waals surface area contributed by atoms with Gasteiger partial charge in [-0.25, -0.2) is 9.37 Å². The number of thiazole rings is 1. The van der Waals surface area contributed by atoms with Crippen LogP contribution in [0.3, 0.4) is 0 Å². The third-order valence-corrected chi connectivity index (χ3v) is 3.67. The van der Waals surface area contributed by atoms with Gasteiger partial charge in [0.15, 0.2) is 5.13 Å². The molecule has 0 atom stereocenters. The van der Waals surface area contributed by atoms with Crippen LogP contribution < -0.4 is 5.32 Å². The van der Waals surface area contributed by atoms with Crippen molar-refractivity contribution in [2.24, 2.45) is 0 Å². The fourth-order valence-corrected chi connectivity index (χ4v) is 2.36. The van der Waals surface area contributed by atoms with Gasteiger partial charge in [-0.05, 0) is 35.0 Å². The molecular formula is C11H8BrFN2OS. The third-order valence-electron chi connectivity index (χ3n) is 2.04. The maximum absolute atomic E-state index is 13.2. The second-order valence-corrected chi connectivity index (χ2v) is 5.36. The summed E-state index contributed by atoms with van der Waals surface area (Å²) in [6, 6.07) is 4.32. The van der Waals surface area contributed by atoms with Crippen molar-refractivity contribution in [2.75, 3.05) is 5.32 Å². The van der Waals surface area contributed by atoms with Gasteiger partial charge in [-0.2, -0.15) is 0 Å². The van der Waals surface area contributed by atoms with Crippen LogP contribution in [0, 0.1) is 12.7 Å². The van der Waals surface area contributed by atoms with E-state index in [9.17, 15) is 9.18 Å². The van der Waals surface area contributed by atoms with Crippen molar-refractivity contribution >= 4 is 38.3 Å². The Balaban J connectivity index is 2.23. The second-order valence-electron chi connectivity index (χ2n) is 3.33. The van der Waals surface area contributed by atoms with Crippen molar-refractivity contribution in [3.05, 3.63) is 45.1 Å². The maximum atomic E-state index is 13.2. The first-order chi connectivity index (χ1) is 8.08. The van der Waals surface area contributed by atoms with Crippen LogP contribution in [0.25, 0.3) is 0 Å². The Bertz CT molecular complexity index is 570. The van der Waals surface area contributed by atoms with Gasteiger partial charge in [-0.3, -0.25) is 10.1 Å². The Morgan fingerprint density at radius 3 is 2.94 bits per heavy atom. The first kappa shape index (κ1) is 12.2. The molecular weight excluding hydrogens is 307 g/mol. The van der Waals surface area contributed by atoms with E-state index in [2.05, 4.69) is 26.2 Å². The van der Waals surface area contributed by atoms with Crippen LogP contribution in [-0.2, 0) is 0 Å². The standard InChI is InChI=1S/C11H8BrFN2OS/c1-6-5-14-11(17-6)15-10(16)7-3-2-4-8(13)9(7)12/h2-5H,1H3,(H,14,15,16). The molecule has 2 rings (SSSR count). The topological polar surface area (TPSA) is 42.0 Å². The van der Waals surface area contributed by atoms with Gasteiger partial charge in [-0.1, -0.05) is 6.07 Å². The van der Waals surface area contributed by atoms with E-state index in [1.807, 2.05) is 6.92 Å². The predicted molar refractivity (Wildman–Crippen MR) is 68.9 cm³/mol. The SMILES string of the molecule is Cc1cnc(NC(=O)c2cccc(F)c2Br)s1. The molecule has 0 aliphatic carbocycles. The summed E-state index contributed by atoms with van der Waals surface area (Å²) in [4.78, 5) is 16.9. The minimum absolute atomic E-state index is 0.158. The summed E-state index contributed by atoms with van der Waals surface area (Å²) >= 11 is 4.42. The van der Waals surface area contributed by atoms with Crippen LogP contribution in [-0.4, -0.2) is 10.9 Å². The number of hydrogen-bond acceptors (Lipinski definition) is 3. The summed E-state index contributed by atoms with van der Waals surface area (Å²) in [5.74, 6) is -0.848. The molecule has 0 bridgehead atoms. The van der Waals surface area contributed by atoms with Crippen molar-refractivity contribution in [1.82, 2.24) is 4.98 Å². The van der Waals surface area contributed by atoms with Gasteiger partial charge in [0.1, 0.15) is 5.82 Å². The van der Waals surface area contributed by atoms with Gasteiger partial charge in [0, 0.05) is 11.1 Å². The number of anilines is 1. The lowest BCUT2D eigenvalue weighted by Crippen LogP contribution is -2.12. The van der Waals surface area contributed by atoms with Crippen LogP contribution in [0.4, 0.5) is 9.52 Å². The number of rotatable bonds is 2. The molecule has 0 saturated heterocycles. The van der Waals surface area contributed by atoms with Crippen molar-refractivity contribution in [3.8, 4) is 0 Å². The van der Waals surface area contributed by atoms with E-state index in [-0.39, 0.29) is 15.9 Å². The number of nitrogens with one attached hydrogen (secondary N) is 1. The minimum Gasteiger partial charge on any atom is -0.298 e. The summed E-state index contributed by atoms with van der Waals surface area (Å²) < 4.78 is 13.4. The zero-order valence-electron chi connectivity index (χ0n) is 8.83. The molecule has 1 aromatic carbocycles. The summed E-state index contributed by atoms with van der Waals surface area (Å²) in [7, 11) is 0. The predicted octanol–water partition coefficient (Wildman–Crippen LogP) is 3.61. The molecule has 3 nitrogen and oxygen atoms in total. The number of hydrogen-bond donors (Lipinski definition) is 1. The van der Waals surface area contributed by atoms with E-state index in [1.165, 1.54) is 23.5 Å². The van der Waals surface area contributed by atoms with Gasteiger partial charge < -0.3 is 0 Å². The summed E-state index contributed by atoms with van der Waals surface area (Å²) in [5, 5.41) is 3.12. The highest BCUT2D eigenvalue weighted by Gasteiger charge is 2.14. The molecule has 0 aliphatic heterocycles. The van der Waals surface area contributed by atoms with Crippen LogP contribution in [0.1, 0.15) is 15.2 Å². The van der Waals surface area contributed by atoms with Crippen molar-refractivity contribution in [1.29, 1.82) is 0 Å². The van der Waals surface area contributed by atoms with Gasteiger partial charge in [0.25, 0.3) is 5.91 Å². The van der Waals surface area contributed by atoms with Crippen LogP contribution >= 0.6 is 27.3 Å². The molecule has 6 heteroatoms. The van der Waals surface area contributed by atoms with E-state index in [0.29, 0.717) is 5.13 Å². The number of aromatic nitrogens is 1. The molecule has 1 heterocycles. The zero-order valence-corrected chi connectivity index (χ0v) is 11.2. The molecule has 17 heavy (non-hydrogen) atoms. The summed E-state index contributed by atoms with van der Waals surface area (Å²) in [6.45, 7) is 1.89. The molecule has 0 unspecified atom stereocenters. The molecule has 1 amide bonds. The average molecular weight is 315 g/mol. The molecule has 0 fully saturated rings. The first-order valence-corrected chi connectivity index (χ1v) is 6.36. The largest absolute Gasteiger partial charge is 0.298 e. The number of amides is 1. The molecule has 0 saturated carbocycles. The highest BCUT2D eigenvalue weighted by Crippen LogP contribution is 2.23. The van der Waals surface area contributed by atoms with E-state index < -0.39 is 5.82 Å². The number of halogens is 2. The smallest absolute Gasteiger partial charge is 0.258 e. The molecule has 1 N–H and O–H groups in total. The maximum Gasteiger partial charge on any atom is 0.258 e. The van der Waals surface area contributed by atoms with E-state index in [4.69, 9.17) is 0 Å².